The first kappa shape index (κ1) is 8.47. The maximum atomic E-state index is 12.1. The molecule has 2 amide bonds. The largest absolute Gasteiger partial charge is 0.326 e. The minimum absolute atomic E-state index is 0.0663. The minimum Gasteiger partial charge on any atom is -0.326 e. The van der Waals surface area contributed by atoms with Crippen LogP contribution in [-0.4, -0.2) is 11.8 Å². The van der Waals surface area contributed by atoms with Crippen molar-refractivity contribution in [2.24, 2.45) is 0 Å². The van der Waals surface area contributed by atoms with E-state index in [9.17, 15) is 9.59 Å². The fourth-order valence-corrected chi connectivity index (χ4v) is 1.95. The zero-order chi connectivity index (χ0) is 25.7. The monoisotopic (exact) mass is 334 g/mol. The molecule has 0 aliphatic rings. The molecule has 0 spiro atoms. The number of rotatable bonds is 9. The maximum absolute atomic E-state index is 12.1. The Kier molecular flexibility index (Phi) is 3.60. The zero-order valence-corrected chi connectivity index (χ0v) is 13.1. The van der Waals surface area contributed by atoms with Crippen LogP contribution in [0.1, 0.15) is 52.2 Å². The third kappa shape index (κ3) is 7.09. The van der Waals surface area contributed by atoms with E-state index >= 15 is 0 Å². The molecule has 0 aromatic heterocycles. The van der Waals surface area contributed by atoms with Gasteiger partial charge in [0, 0.05) is 24.2 Å². The second-order valence-corrected chi connectivity index (χ2v) is 5.01. The van der Waals surface area contributed by atoms with Crippen molar-refractivity contribution < 1.29 is 23.3 Å². The van der Waals surface area contributed by atoms with Crippen LogP contribution in [0.5, 0.6) is 0 Å². The van der Waals surface area contributed by atoms with Gasteiger partial charge in [-0.3, -0.25) is 9.59 Å². The molecule has 24 heavy (non-hydrogen) atoms. The van der Waals surface area contributed by atoms with E-state index in [1.54, 1.807) is 0 Å². The summed E-state index contributed by atoms with van der Waals surface area (Å²) in [5, 5.41) is 4.73. The average molecular weight is 334 g/mol. The van der Waals surface area contributed by atoms with Gasteiger partial charge in [0.1, 0.15) is 0 Å². The van der Waals surface area contributed by atoms with Crippen molar-refractivity contribution in [1.82, 2.24) is 0 Å². The number of para-hydroxylation sites is 2. The molecule has 0 unspecified atom stereocenters. The predicted octanol–water partition coefficient (Wildman–Crippen LogP) is 4.60. The summed E-state index contributed by atoms with van der Waals surface area (Å²) < 4.78 is 76.8. The predicted molar refractivity (Wildman–Crippen MR) is 97.8 cm³/mol. The Morgan fingerprint density at radius 3 is 1.42 bits per heavy atom. The Balaban J connectivity index is 1.78. The van der Waals surface area contributed by atoms with Crippen LogP contribution in [0.4, 0.5) is 11.4 Å². The van der Waals surface area contributed by atoms with E-state index in [-0.39, 0.29) is 24.2 Å². The Morgan fingerprint density at radius 2 is 1.04 bits per heavy atom. The normalized spacial score (nSPS) is 16.0. The van der Waals surface area contributed by atoms with Gasteiger partial charge in [0.2, 0.25) is 11.8 Å². The molecule has 0 atom stereocenters. The quantitative estimate of drug-likeness (QED) is 0.658. The summed E-state index contributed by atoms with van der Waals surface area (Å²) in [5.41, 5.74) is -0.527. The lowest BCUT2D eigenvalue weighted by molar-refractivity contribution is -0.117. The number of anilines is 2. The Morgan fingerprint density at radius 1 is 0.667 bits per heavy atom. The fraction of sp³-hybridized carbons (Fsp3) is 0.300. The summed E-state index contributed by atoms with van der Waals surface area (Å²) in [6.45, 7) is 0. The summed E-state index contributed by atoms with van der Waals surface area (Å²) in [6.07, 6.45) is 2.23. The molecule has 4 nitrogen and oxygen atoms in total. The van der Waals surface area contributed by atoms with Crippen molar-refractivity contribution in [2.45, 2.75) is 38.5 Å². The number of hydrogen-bond acceptors (Lipinski definition) is 2. The average Bonchev–Trinajstić information content (AvgIpc) is 2.81. The Hall–Kier alpha value is -2.62. The van der Waals surface area contributed by atoms with Crippen LogP contribution >= 0.6 is 0 Å². The number of unbranched alkanes of at least 4 members (excludes halogenated alkanes) is 3. The highest BCUT2D eigenvalue weighted by atomic mass is 16.2. The van der Waals surface area contributed by atoms with Crippen molar-refractivity contribution >= 4 is 23.2 Å². The first-order chi connectivity index (χ1) is 15.9. The highest BCUT2D eigenvalue weighted by Gasteiger charge is 2.04. The zero-order valence-electron chi connectivity index (χ0n) is 23.1. The molecule has 2 N–H and O–H groups in total. The molecule has 2 aromatic carbocycles. The summed E-state index contributed by atoms with van der Waals surface area (Å²) in [6, 6.07) is -5.12. The van der Waals surface area contributed by atoms with Gasteiger partial charge < -0.3 is 10.6 Å². The number of carbonyl (C=O) groups is 2. The fourth-order valence-electron chi connectivity index (χ4n) is 1.95. The van der Waals surface area contributed by atoms with Crippen molar-refractivity contribution in [3.8, 4) is 0 Å². The highest BCUT2D eigenvalue weighted by Crippen LogP contribution is 2.10. The molecular weight excluding hydrogens is 300 g/mol. The molecule has 0 saturated carbocycles. The van der Waals surface area contributed by atoms with Crippen LogP contribution < -0.4 is 10.6 Å². The highest BCUT2D eigenvalue weighted by molar-refractivity contribution is 5.91. The van der Waals surface area contributed by atoms with E-state index in [4.69, 9.17) is 13.7 Å². The van der Waals surface area contributed by atoms with E-state index in [0.717, 1.165) is 0 Å². The molecule has 0 fully saturated rings. The number of hydrogen-bond donors (Lipinski definition) is 2. The molecule has 0 heterocycles. The van der Waals surface area contributed by atoms with Crippen LogP contribution in [0.15, 0.2) is 60.4 Å². The SMILES string of the molecule is [2H]c1c([2H])c([2H])c(NC(=O)CCCCCCC(=O)Nc2c([2H])c([2H])c([2H])c([2H])c2[2H])c([2H])c1[2H]. The molecule has 4 heteroatoms. The molecule has 2 rings (SSSR count). The summed E-state index contributed by atoms with van der Waals surface area (Å²) in [7, 11) is 0. The van der Waals surface area contributed by atoms with Gasteiger partial charge in [0.05, 0.1) is 13.7 Å². The van der Waals surface area contributed by atoms with Crippen LogP contribution in [0.25, 0.3) is 0 Å². The smallest absolute Gasteiger partial charge is 0.224 e. The second kappa shape index (κ2) is 10.2. The van der Waals surface area contributed by atoms with E-state index in [1.165, 1.54) is 0 Å². The van der Waals surface area contributed by atoms with Gasteiger partial charge >= 0.3 is 0 Å². The molecule has 0 bridgehead atoms. The standard InChI is InChI=1S/C20H24N2O2/c23-19(21-17-11-5-3-6-12-17)15-9-1-2-10-16-20(24)22-18-13-7-4-8-14-18/h3-8,11-14H,1-2,9-10,15-16H2,(H,21,23)(H,22,24)/i3D,4D,5D,6D,7D,8D,11D,12D,13D,14D. The third-order valence-electron chi connectivity index (χ3n) is 3.09. The van der Waals surface area contributed by atoms with Gasteiger partial charge in [-0.25, -0.2) is 0 Å². The lowest BCUT2D eigenvalue weighted by Gasteiger charge is -2.06. The topological polar surface area (TPSA) is 58.2 Å². The molecular formula is C20H24N2O2. The number of benzene rings is 2. The van der Waals surface area contributed by atoms with E-state index < -0.39 is 72.2 Å². The number of amides is 2. The molecule has 0 radical (unpaired) electrons. The van der Waals surface area contributed by atoms with E-state index in [0.29, 0.717) is 25.7 Å². The lowest BCUT2D eigenvalue weighted by Crippen LogP contribution is -2.11. The van der Waals surface area contributed by atoms with Crippen molar-refractivity contribution in [3.05, 3.63) is 60.4 Å². The van der Waals surface area contributed by atoms with Crippen molar-refractivity contribution in [1.29, 1.82) is 0 Å². The van der Waals surface area contributed by atoms with Gasteiger partial charge in [-0.15, -0.1) is 0 Å². The summed E-state index contributed by atoms with van der Waals surface area (Å²) in [5.74, 6) is -0.977. The number of carbonyl (C=O) groups excluding carboxylic acids is 2. The number of nitrogens with one attached hydrogen (secondary N) is 2. The maximum Gasteiger partial charge on any atom is 0.224 e. The van der Waals surface area contributed by atoms with Crippen molar-refractivity contribution in [2.75, 3.05) is 10.6 Å². The molecule has 0 aliphatic heterocycles. The van der Waals surface area contributed by atoms with Gasteiger partial charge in [0.15, 0.2) is 0 Å². The van der Waals surface area contributed by atoms with Crippen LogP contribution in [0, 0.1) is 0 Å². The summed E-state index contributed by atoms with van der Waals surface area (Å²) in [4.78, 5) is 24.2. The second-order valence-electron chi connectivity index (χ2n) is 5.01. The Bertz CT molecular complexity index is 978. The third-order valence-corrected chi connectivity index (χ3v) is 3.09. The first-order valence-electron chi connectivity index (χ1n) is 12.6. The van der Waals surface area contributed by atoms with E-state index in [1.807, 2.05) is 0 Å². The molecule has 126 valence electrons. The van der Waals surface area contributed by atoms with Crippen molar-refractivity contribution in [3.63, 3.8) is 0 Å². The van der Waals surface area contributed by atoms with Gasteiger partial charge in [0.25, 0.3) is 0 Å². The van der Waals surface area contributed by atoms with E-state index in [2.05, 4.69) is 10.6 Å². The molecule has 0 saturated heterocycles. The van der Waals surface area contributed by atoms with Gasteiger partial charge in [-0.2, -0.15) is 0 Å². The summed E-state index contributed by atoms with van der Waals surface area (Å²) >= 11 is 0. The van der Waals surface area contributed by atoms with Crippen LogP contribution in [-0.2, 0) is 9.59 Å². The molecule has 0 aliphatic carbocycles. The Labute approximate surface area is 157 Å². The van der Waals surface area contributed by atoms with Crippen LogP contribution in [0.2, 0.25) is 0 Å². The first-order valence-corrected chi connectivity index (χ1v) is 7.62. The van der Waals surface area contributed by atoms with Gasteiger partial charge in [-0.1, -0.05) is 49.1 Å². The lowest BCUT2D eigenvalue weighted by atomic mass is 10.1. The molecule has 2 aromatic rings. The van der Waals surface area contributed by atoms with Gasteiger partial charge in [-0.05, 0) is 37.0 Å². The minimum atomic E-state index is -0.538. The van der Waals surface area contributed by atoms with Crippen LogP contribution in [0.3, 0.4) is 0 Å².